The maximum Gasteiger partial charge on any atom is 0.313 e. The van der Waals surface area contributed by atoms with E-state index in [1.54, 1.807) is 0 Å². The van der Waals surface area contributed by atoms with Crippen molar-refractivity contribution in [3.63, 3.8) is 0 Å². The van der Waals surface area contributed by atoms with Gasteiger partial charge in [0, 0.05) is 6.54 Å². The van der Waals surface area contributed by atoms with E-state index in [0.717, 1.165) is 42.7 Å². The Morgan fingerprint density at radius 1 is 1.33 bits per heavy atom. The van der Waals surface area contributed by atoms with E-state index in [9.17, 15) is 4.79 Å². The number of H-pyrrole nitrogens is 1. The van der Waals surface area contributed by atoms with Gasteiger partial charge in [-0.05, 0) is 38.1 Å². The number of benzene rings is 1. The van der Waals surface area contributed by atoms with Gasteiger partial charge in [0.2, 0.25) is 5.16 Å². The first-order chi connectivity index (χ1) is 11.7. The summed E-state index contributed by atoms with van der Waals surface area (Å²) >= 11 is 1.08. The van der Waals surface area contributed by atoms with Crippen LogP contribution in [0.3, 0.4) is 0 Å². The van der Waals surface area contributed by atoms with Crippen LogP contribution in [0.5, 0.6) is 5.75 Å². The largest absolute Gasteiger partial charge is 0.491 e. The zero-order chi connectivity index (χ0) is 16.8. The second-order valence-electron chi connectivity index (χ2n) is 5.54. The number of para-hydroxylation sites is 1. The number of aromatic amines is 1. The Bertz CT molecular complexity index is 685. The van der Waals surface area contributed by atoms with Crippen molar-refractivity contribution in [3.8, 4) is 17.1 Å². The maximum atomic E-state index is 10.6. The lowest BCUT2D eigenvalue weighted by atomic mass is 10.2. The molecule has 8 heteroatoms. The highest BCUT2D eigenvalue weighted by Gasteiger charge is 2.14. The Morgan fingerprint density at radius 2 is 2.12 bits per heavy atom. The minimum Gasteiger partial charge on any atom is -0.491 e. The van der Waals surface area contributed by atoms with Crippen LogP contribution in [-0.2, 0) is 4.79 Å². The number of hydrogen-bond acceptors (Lipinski definition) is 6. The third-order valence-corrected chi connectivity index (χ3v) is 4.63. The minimum atomic E-state index is -0.892. The monoisotopic (exact) mass is 348 g/mol. The van der Waals surface area contributed by atoms with E-state index < -0.39 is 5.97 Å². The van der Waals surface area contributed by atoms with E-state index in [4.69, 9.17) is 9.84 Å². The lowest BCUT2D eigenvalue weighted by Crippen LogP contribution is -2.25. The summed E-state index contributed by atoms with van der Waals surface area (Å²) in [6.45, 7) is 3.85. The second-order valence-corrected chi connectivity index (χ2v) is 6.48. The van der Waals surface area contributed by atoms with Crippen LogP contribution in [0.15, 0.2) is 29.4 Å². The first-order valence-electron chi connectivity index (χ1n) is 7.94. The molecule has 0 spiro atoms. The molecular formula is C16H20N4O3S. The van der Waals surface area contributed by atoms with Gasteiger partial charge < -0.3 is 9.84 Å². The Kier molecular flexibility index (Phi) is 5.71. The summed E-state index contributed by atoms with van der Waals surface area (Å²) in [4.78, 5) is 17.4. The van der Waals surface area contributed by atoms with Crippen molar-refractivity contribution in [3.05, 3.63) is 24.3 Å². The third kappa shape index (κ3) is 4.48. The Hall–Kier alpha value is -2.06. The fraction of sp³-hybridized carbons (Fsp3) is 0.438. The van der Waals surface area contributed by atoms with Crippen molar-refractivity contribution in [1.82, 2.24) is 20.1 Å². The SMILES string of the molecule is O=C(O)CSc1n[nH]c(-c2ccccc2OCCN2CCCC2)n1. The van der Waals surface area contributed by atoms with E-state index in [-0.39, 0.29) is 5.75 Å². The van der Waals surface area contributed by atoms with Crippen molar-refractivity contribution in [1.29, 1.82) is 0 Å². The van der Waals surface area contributed by atoms with Crippen molar-refractivity contribution in [2.24, 2.45) is 0 Å². The predicted molar refractivity (Wildman–Crippen MR) is 91.3 cm³/mol. The number of carboxylic acid groups (broad SMARTS) is 1. The van der Waals surface area contributed by atoms with Gasteiger partial charge in [-0.25, -0.2) is 4.98 Å². The average molecular weight is 348 g/mol. The number of rotatable bonds is 8. The van der Waals surface area contributed by atoms with Gasteiger partial charge in [-0.1, -0.05) is 23.9 Å². The van der Waals surface area contributed by atoms with Crippen LogP contribution in [-0.4, -0.2) is 63.2 Å². The zero-order valence-electron chi connectivity index (χ0n) is 13.3. The number of nitrogens with zero attached hydrogens (tertiary/aromatic N) is 3. The summed E-state index contributed by atoms with van der Waals surface area (Å²) in [5.74, 6) is 0.380. The number of carboxylic acids is 1. The number of carbonyl (C=O) groups is 1. The molecule has 3 rings (SSSR count). The molecule has 0 unspecified atom stereocenters. The van der Waals surface area contributed by atoms with Gasteiger partial charge in [-0.15, -0.1) is 5.10 Å². The molecular weight excluding hydrogens is 328 g/mol. The van der Waals surface area contributed by atoms with E-state index in [1.165, 1.54) is 12.8 Å². The molecule has 24 heavy (non-hydrogen) atoms. The van der Waals surface area contributed by atoms with Gasteiger partial charge in [0.15, 0.2) is 5.82 Å². The van der Waals surface area contributed by atoms with Gasteiger partial charge in [-0.3, -0.25) is 14.8 Å². The molecule has 1 saturated heterocycles. The molecule has 2 aromatic rings. The van der Waals surface area contributed by atoms with E-state index in [1.807, 2.05) is 24.3 Å². The van der Waals surface area contributed by atoms with Crippen LogP contribution in [0.2, 0.25) is 0 Å². The standard InChI is InChI=1S/C16H20N4O3S/c21-14(22)11-24-16-17-15(18-19-16)12-5-1-2-6-13(12)23-10-9-20-7-3-4-8-20/h1-2,5-6H,3-4,7-11H2,(H,21,22)(H,17,18,19). The van der Waals surface area contributed by atoms with Gasteiger partial charge >= 0.3 is 5.97 Å². The van der Waals surface area contributed by atoms with Crippen molar-refractivity contribution in [2.75, 3.05) is 32.0 Å². The van der Waals surface area contributed by atoms with Crippen LogP contribution in [0.25, 0.3) is 11.4 Å². The molecule has 0 radical (unpaired) electrons. The highest BCUT2D eigenvalue weighted by Crippen LogP contribution is 2.28. The Balaban J connectivity index is 1.63. The molecule has 1 fully saturated rings. The molecule has 1 aromatic carbocycles. The summed E-state index contributed by atoms with van der Waals surface area (Å²) in [6.07, 6.45) is 2.54. The molecule has 2 N–H and O–H groups in total. The van der Waals surface area contributed by atoms with Crippen LogP contribution < -0.4 is 4.74 Å². The smallest absolute Gasteiger partial charge is 0.313 e. The predicted octanol–water partition coefficient (Wildman–Crippen LogP) is 2.12. The quantitative estimate of drug-likeness (QED) is 0.706. The molecule has 0 bridgehead atoms. The number of nitrogens with one attached hydrogen (secondary N) is 1. The lowest BCUT2D eigenvalue weighted by molar-refractivity contribution is -0.133. The van der Waals surface area contributed by atoms with Crippen molar-refractivity contribution >= 4 is 17.7 Å². The number of likely N-dealkylation sites (tertiary alicyclic amines) is 1. The van der Waals surface area contributed by atoms with E-state index in [2.05, 4.69) is 20.1 Å². The molecule has 0 amide bonds. The molecule has 0 aliphatic carbocycles. The van der Waals surface area contributed by atoms with Crippen LogP contribution in [0, 0.1) is 0 Å². The summed E-state index contributed by atoms with van der Waals surface area (Å²) < 4.78 is 5.93. The topological polar surface area (TPSA) is 91.3 Å². The molecule has 7 nitrogen and oxygen atoms in total. The summed E-state index contributed by atoms with van der Waals surface area (Å²) in [5.41, 5.74) is 0.827. The highest BCUT2D eigenvalue weighted by molar-refractivity contribution is 7.99. The average Bonchev–Trinajstić information content (AvgIpc) is 3.25. The number of aliphatic carboxylic acids is 1. The van der Waals surface area contributed by atoms with E-state index >= 15 is 0 Å². The number of aromatic nitrogens is 3. The Morgan fingerprint density at radius 3 is 2.92 bits per heavy atom. The molecule has 1 aliphatic heterocycles. The molecule has 0 saturated carbocycles. The van der Waals surface area contributed by atoms with Crippen LogP contribution in [0.4, 0.5) is 0 Å². The molecule has 1 aliphatic rings. The molecule has 1 aromatic heterocycles. The highest BCUT2D eigenvalue weighted by atomic mass is 32.2. The minimum absolute atomic E-state index is 0.0642. The first-order valence-corrected chi connectivity index (χ1v) is 8.92. The van der Waals surface area contributed by atoms with E-state index in [0.29, 0.717) is 17.6 Å². The van der Waals surface area contributed by atoms with Gasteiger partial charge in [-0.2, -0.15) is 0 Å². The normalized spacial score (nSPS) is 14.8. The number of ether oxygens (including phenoxy) is 1. The van der Waals surface area contributed by atoms with Gasteiger partial charge in [0.1, 0.15) is 12.4 Å². The maximum absolute atomic E-state index is 10.6. The molecule has 128 valence electrons. The third-order valence-electron chi connectivity index (χ3n) is 3.80. The fourth-order valence-electron chi connectivity index (χ4n) is 2.64. The first kappa shape index (κ1) is 16.8. The summed E-state index contributed by atoms with van der Waals surface area (Å²) in [5, 5.41) is 16.0. The van der Waals surface area contributed by atoms with Crippen molar-refractivity contribution < 1.29 is 14.6 Å². The fourth-order valence-corrected chi connectivity index (χ4v) is 3.16. The summed E-state index contributed by atoms with van der Waals surface area (Å²) in [7, 11) is 0. The zero-order valence-corrected chi connectivity index (χ0v) is 14.1. The lowest BCUT2D eigenvalue weighted by Gasteiger charge is -2.16. The second kappa shape index (κ2) is 8.16. The van der Waals surface area contributed by atoms with Crippen LogP contribution in [0.1, 0.15) is 12.8 Å². The molecule has 0 atom stereocenters. The number of thioether (sulfide) groups is 1. The Labute approximate surface area is 144 Å². The van der Waals surface area contributed by atoms with Gasteiger partial charge in [0.25, 0.3) is 0 Å². The van der Waals surface area contributed by atoms with Crippen LogP contribution >= 0.6 is 11.8 Å². The summed E-state index contributed by atoms with van der Waals surface area (Å²) in [6, 6.07) is 7.66. The van der Waals surface area contributed by atoms with Crippen molar-refractivity contribution in [2.45, 2.75) is 18.0 Å². The molecule has 2 heterocycles. The van der Waals surface area contributed by atoms with Gasteiger partial charge in [0.05, 0.1) is 11.3 Å². The number of hydrogen-bond donors (Lipinski definition) is 2.